The number of hydrogen-bond acceptors (Lipinski definition) is 4. The van der Waals surface area contributed by atoms with Crippen molar-refractivity contribution in [3.05, 3.63) is 0 Å². The SMILES string of the molecule is CC(C)N(C[C@@H]1CNCC(=O)N1)C(=O)OC(C)(C)C. The predicted molar refractivity (Wildman–Crippen MR) is 72.9 cm³/mol. The molecule has 1 fully saturated rings. The highest BCUT2D eigenvalue weighted by Gasteiger charge is 2.28. The summed E-state index contributed by atoms with van der Waals surface area (Å²) in [6, 6.07) is -0.0511. The summed E-state index contributed by atoms with van der Waals surface area (Å²) in [7, 11) is 0. The Morgan fingerprint density at radius 2 is 2.11 bits per heavy atom. The molecule has 6 nitrogen and oxygen atoms in total. The van der Waals surface area contributed by atoms with Crippen molar-refractivity contribution in [3.8, 4) is 0 Å². The number of piperazine rings is 1. The van der Waals surface area contributed by atoms with Crippen molar-refractivity contribution in [2.75, 3.05) is 19.6 Å². The molecule has 2 N–H and O–H groups in total. The minimum absolute atomic E-state index is 0.0219. The first-order valence-electron chi connectivity index (χ1n) is 6.69. The van der Waals surface area contributed by atoms with E-state index in [2.05, 4.69) is 10.6 Å². The highest BCUT2D eigenvalue weighted by molar-refractivity contribution is 5.79. The zero-order valence-corrected chi connectivity index (χ0v) is 12.4. The van der Waals surface area contributed by atoms with Crippen molar-refractivity contribution in [1.82, 2.24) is 15.5 Å². The second kappa shape index (κ2) is 6.23. The van der Waals surface area contributed by atoms with E-state index >= 15 is 0 Å². The van der Waals surface area contributed by atoms with E-state index in [0.29, 0.717) is 19.6 Å². The van der Waals surface area contributed by atoms with Gasteiger partial charge in [0.1, 0.15) is 5.60 Å². The average molecular weight is 271 g/mol. The van der Waals surface area contributed by atoms with Crippen LogP contribution in [0, 0.1) is 0 Å². The van der Waals surface area contributed by atoms with Gasteiger partial charge in [-0.05, 0) is 34.6 Å². The quantitative estimate of drug-likeness (QED) is 0.793. The first kappa shape index (κ1) is 15.8. The largest absolute Gasteiger partial charge is 0.444 e. The smallest absolute Gasteiger partial charge is 0.410 e. The van der Waals surface area contributed by atoms with Gasteiger partial charge < -0.3 is 20.3 Å². The van der Waals surface area contributed by atoms with Crippen LogP contribution in [-0.4, -0.2) is 54.2 Å². The van der Waals surface area contributed by atoms with Crippen LogP contribution in [0.4, 0.5) is 4.79 Å². The molecule has 1 heterocycles. The third-order valence-corrected chi connectivity index (χ3v) is 2.71. The lowest BCUT2D eigenvalue weighted by atomic mass is 10.2. The highest BCUT2D eigenvalue weighted by Crippen LogP contribution is 2.12. The molecular weight excluding hydrogens is 246 g/mol. The highest BCUT2D eigenvalue weighted by atomic mass is 16.6. The zero-order valence-electron chi connectivity index (χ0n) is 12.4. The lowest BCUT2D eigenvalue weighted by Crippen LogP contribution is -2.58. The van der Waals surface area contributed by atoms with E-state index in [1.165, 1.54) is 0 Å². The topological polar surface area (TPSA) is 70.7 Å². The van der Waals surface area contributed by atoms with Gasteiger partial charge in [-0.1, -0.05) is 0 Å². The molecule has 1 saturated heterocycles. The van der Waals surface area contributed by atoms with E-state index in [0.717, 1.165) is 0 Å². The maximum atomic E-state index is 12.1. The molecule has 19 heavy (non-hydrogen) atoms. The fraction of sp³-hybridized carbons (Fsp3) is 0.846. The summed E-state index contributed by atoms with van der Waals surface area (Å²) in [5.41, 5.74) is -0.516. The Hall–Kier alpha value is -1.30. The molecule has 0 spiro atoms. The van der Waals surface area contributed by atoms with Crippen molar-refractivity contribution in [2.45, 2.75) is 52.3 Å². The molecule has 0 bridgehead atoms. The van der Waals surface area contributed by atoms with Crippen LogP contribution in [0.2, 0.25) is 0 Å². The van der Waals surface area contributed by atoms with Gasteiger partial charge in [0.05, 0.1) is 12.6 Å². The number of rotatable bonds is 3. The van der Waals surface area contributed by atoms with Crippen LogP contribution in [-0.2, 0) is 9.53 Å². The number of nitrogens with zero attached hydrogens (tertiary/aromatic N) is 1. The van der Waals surface area contributed by atoms with Crippen LogP contribution in [0.1, 0.15) is 34.6 Å². The Bertz CT molecular complexity index is 337. The lowest BCUT2D eigenvalue weighted by Gasteiger charge is -2.34. The summed E-state index contributed by atoms with van der Waals surface area (Å²) in [4.78, 5) is 25.1. The second-order valence-corrected chi connectivity index (χ2v) is 6.12. The fourth-order valence-electron chi connectivity index (χ4n) is 1.85. The molecule has 0 aliphatic carbocycles. The van der Waals surface area contributed by atoms with E-state index < -0.39 is 5.60 Å². The molecule has 6 heteroatoms. The molecule has 0 saturated carbocycles. The van der Waals surface area contributed by atoms with Gasteiger partial charge in [-0.3, -0.25) is 4.79 Å². The molecule has 110 valence electrons. The van der Waals surface area contributed by atoms with E-state index in [-0.39, 0.29) is 24.1 Å². The standard InChI is InChI=1S/C13H25N3O3/c1-9(2)16(12(18)19-13(3,4)5)8-10-6-14-7-11(17)15-10/h9-10,14H,6-8H2,1-5H3,(H,15,17)/t10-/m0/s1. The fourth-order valence-corrected chi connectivity index (χ4v) is 1.85. The van der Waals surface area contributed by atoms with Crippen molar-refractivity contribution < 1.29 is 14.3 Å². The van der Waals surface area contributed by atoms with Crippen LogP contribution in [0.3, 0.4) is 0 Å². The Kier molecular flexibility index (Phi) is 5.17. The molecule has 1 aliphatic heterocycles. The Balaban J connectivity index is 2.62. The predicted octanol–water partition coefficient (Wildman–Crippen LogP) is 0.720. The summed E-state index contributed by atoms with van der Waals surface area (Å²) < 4.78 is 5.38. The first-order valence-corrected chi connectivity index (χ1v) is 6.69. The maximum absolute atomic E-state index is 12.1. The minimum atomic E-state index is -0.516. The van der Waals surface area contributed by atoms with Gasteiger partial charge in [0.2, 0.25) is 5.91 Å². The second-order valence-electron chi connectivity index (χ2n) is 6.12. The minimum Gasteiger partial charge on any atom is -0.444 e. The number of hydrogen-bond donors (Lipinski definition) is 2. The molecule has 0 unspecified atom stereocenters. The van der Waals surface area contributed by atoms with Crippen LogP contribution < -0.4 is 10.6 Å². The lowest BCUT2D eigenvalue weighted by molar-refractivity contribution is -0.122. The molecule has 0 radical (unpaired) electrons. The monoisotopic (exact) mass is 271 g/mol. The van der Waals surface area contributed by atoms with Crippen LogP contribution in [0.15, 0.2) is 0 Å². The Morgan fingerprint density at radius 1 is 1.47 bits per heavy atom. The number of nitrogens with one attached hydrogen (secondary N) is 2. The third kappa shape index (κ3) is 5.46. The summed E-state index contributed by atoms with van der Waals surface area (Å²) in [6.07, 6.45) is -0.345. The molecule has 0 aromatic rings. The van der Waals surface area contributed by atoms with Crippen LogP contribution in [0.25, 0.3) is 0 Å². The van der Waals surface area contributed by atoms with Crippen LogP contribution >= 0.6 is 0 Å². The summed E-state index contributed by atoms with van der Waals surface area (Å²) in [5.74, 6) is -0.0378. The maximum Gasteiger partial charge on any atom is 0.410 e. The molecule has 0 aromatic carbocycles. The van der Waals surface area contributed by atoms with Gasteiger partial charge in [-0.2, -0.15) is 0 Å². The van der Waals surface area contributed by atoms with E-state index in [9.17, 15) is 9.59 Å². The molecule has 2 amide bonds. The number of carbonyl (C=O) groups excluding carboxylic acids is 2. The van der Waals surface area contributed by atoms with Gasteiger partial charge in [0.25, 0.3) is 0 Å². The van der Waals surface area contributed by atoms with E-state index in [1.807, 2.05) is 34.6 Å². The average Bonchev–Trinajstić information content (AvgIpc) is 2.23. The summed E-state index contributed by atoms with van der Waals surface area (Å²) in [5, 5.41) is 5.89. The Labute approximate surface area is 114 Å². The number of amides is 2. The molecule has 0 aromatic heterocycles. The number of carbonyl (C=O) groups is 2. The van der Waals surface area contributed by atoms with Gasteiger partial charge in [-0.25, -0.2) is 4.79 Å². The van der Waals surface area contributed by atoms with E-state index in [1.54, 1.807) is 4.90 Å². The molecular formula is C13H25N3O3. The first-order chi connectivity index (χ1) is 8.69. The van der Waals surface area contributed by atoms with Crippen molar-refractivity contribution in [3.63, 3.8) is 0 Å². The normalized spacial score (nSPS) is 20.1. The van der Waals surface area contributed by atoms with E-state index in [4.69, 9.17) is 4.74 Å². The van der Waals surface area contributed by atoms with Gasteiger partial charge in [0, 0.05) is 19.1 Å². The third-order valence-electron chi connectivity index (χ3n) is 2.71. The van der Waals surface area contributed by atoms with Crippen LogP contribution in [0.5, 0.6) is 0 Å². The molecule has 1 atom stereocenters. The molecule has 1 rings (SSSR count). The summed E-state index contributed by atoms with van der Waals surface area (Å²) >= 11 is 0. The van der Waals surface area contributed by atoms with Crippen molar-refractivity contribution in [1.29, 1.82) is 0 Å². The number of ether oxygens (including phenoxy) is 1. The van der Waals surface area contributed by atoms with Gasteiger partial charge in [0.15, 0.2) is 0 Å². The summed E-state index contributed by atoms with van der Waals surface area (Å²) in [6.45, 7) is 10.8. The molecule has 1 aliphatic rings. The zero-order chi connectivity index (χ0) is 14.6. The Morgan fingerprint density at radius 3 is 2.58 bits per heavy atom. The van der Waals surface area contributed by atoms with Gasteiger partial charge in [-0.15, -0.1) is 0 Å². The van der Waals surface area contributed by atoms with Gasteiger partial charge >= 0.3 is 6.09 Å². The van der Waals surface area contributed by atoms with Crippen molar-refractivity contribution in [2.24, 2.45) is 0 Å². The van der Waals surface area contributed by atoms with Crippen molar-refractivity contribution >= 4 is 12.0 Å².